The van der Waals surface area contributed by atoms with Gasteiger partial charge in [0.15, 0.2) is 5.82 Å². The predicted molar refractivity (Wildman–Crippen MR) is 77.9 cm³/mol. The average molecular weight is 346 g/mol. The fourth-order valence-corrected chi connectivity index (χ4v) is 2.53. The van der Waals surface area contributed by atoms with Crippen LogP contribution in [-0.4, -0.2) is 28.5 Å². The minimum atomic E-state index is 0.324. The van der Waals surface area contributed by atoms with E-state index in [2.05, 4.69) is 26.1 Å². The molecule has 0 unspecified atom stereocenters. The molecule has 0 aliphatic rings. The van der Waals surface area contributed by atoms with Crippen LogP contribution in [0.4, 0.5) is 0 Å². The summed E-state index contributed by atoms with van der Waals surface area (Å²) in [5.41, 5.74) is 6.50. The Morgan fingerprint density at radius 1 is 1.42 bits per heavy atom. The number of aromatic nitrogens is 3. The molecule has 0 radical (unpaired) electrons. The number of hydrogen-bond donors (Lipinski definition) is 1. The Hall–Kier alpha value is -0.950. The maximum Gasteiger partial charge on any atom is 0.165 e. The molecule has 102 valence electrons. The van der Waals surface area contributed by atoms with Crippen molar-refractivity contribution in [1.82, 2.24) is 14.8 Å². The van der Waals surface area contributed by atoms with Gasteiger partial charge in [-0.05, 0) is 18.2 Å². The Labute approximate surface area is 124 Å². The maximum absolute atomic E-state index is 6.25. The second kappa shape index (κ2) is 6.47. The largest absolute Gasteiger partial charge is 0.383 e. The number of nitrogens with zero attached hydrogens (tertiary/aromatic N) is 3. The molecule has 0 amide bonds. The van der Waals surface area contributed by atoms with Crippen molar-refractivity contribution in [2.24, 2.45) is 5.73 Å². The first-order valence-corrected chi connectivity index (χ1v) is 6.91. The van der Waals surface area contributed by atoms with E-state index in [1.165, 1.54) is 0 Å². The topological polar surface area (TPSA) is 66.0 Å². The number of rotatable bonds is 5. The number of nitrogens with two attached hydrogens (primary N) is 1. The minimum Gasteiger partial charge on any atom is -0.383 e. The highest BCUT2D eigenvalue weighted by Crippen LogP contribution is 2.29. The Bertz CT molecular complexity index is 573. The third-order valence-electron chi connectivity index (χ3n) is 2.70. The molecule has 0 bridgehead atoms. The quantitative estimate of drug-likeness (QED) is 0.904. The predicted octanol–water partition coefficient (Wildman–Crippen LogP) is 2.47. The van der Waals surface area contributed by atoms with Crippen molar-refractivity contribution in [2.45, 2.75) is 13.1 Å². The number of halogens is 2. The van der Waals surface area contributed by atoms with Gasteiger partial charge in [-0.3, -0.25) is 0 Å². The van der Waals surface area contributed by atoms with Crippen molar-refractivity contribution in [3.8, 4) is 11.4 Å². The van der Waals surface area contributed by atoms with Crippen molar-refractivity contribution in [1.29, 1.82) is 0 Å². The molecule has 1 heterocycles. The van der Waals surface area contributed by atoms with Crippen LogP contribution in [0.5, 0.6) is 0 Å². The molecule has 1 aromatic heterocycles. The highest BCUT2D eigenvalue weighted by atomic mass is 79.9. The monoisotopic (exact) mass is 344 g/mol. The molecular weight excluding hydrogens is 332 g/mol. The number of methoxy groups -OCH3 is 1. The molecule has 0 aliphatic carbocycles. The third-order valence-corrected chi connectivity index (χ3v) is 3.51. The van der Waals surface area contributed by atoms with Crippen LogP contribution in [0.2, 0.25) is 5.02 Å². The van der Waals surface area contributed by atoms with E-state index in [4.69, 9.17) is 22.1 Å². The van der Waals surface area contributed by atoms with Gasteiger partial charge in [0, 0.05) is 23.7 Å². The summed E-state index contributed by atoms with van der Waals surface area (Å²) in [7, 11) is 1.65. The van der Waals surface area contributed by atoms with E-state index in [1.807, 2.05) is 22.8 Å². The molecule has 7 heteroatoms. The molecule has 0 atom stereocenters. The number of hydrogen-bond acceptors (Lipinski definition) is 4. The summed E-state index contributed by atoms with van der Waals surface area (Å²) in [6.45, 7) is 1.52. The van der Waals surface area contributed by atoms with Gasteiger partial charge in [-0.2, -0.15) is 0 Å². The molecule has 0 spiro atoms. The smallest absolute Gasteiger partial charge is 0.165 e. The molecule has 19 heavy (non-hydrogen) atoms. The summed E-state index contributed by atoms with van der Waals surface area (Å²) < 4.78 is 7.95. The zero-order valence-corrected chi connectivity index (χ0v) is 12.8. The molecule has 1 aromatic carbocycles. The van der Waals surface area contributed by atoms with Gasteiger partial charge in [-0.1, -0.05) is 27.5 Å². The van der Waals surface area contributed by atoms with Crippen LogP contribution in [0.25, 0.3) is 11.4 Å². The SMILES string of the molecule is COCCn1c(CN)nnc1-c1ccc(Br)cc1Cl. The van der Waals surface area contributed by atoms with E-state index in [0.29, 0.717) is 36.4 Å². The van der Waals surface area contributed by atoms with Crippen LogP contribution in [0.3, 0.4) is 0 Å². The summed E-state index contributed by atoms with van der Waals surface area (Å²) in [4.78, 5) is 0. The molecule has 0 aliphatic heterocycles. The Balaban J connectivity index is 2.46. The Kier molecular flexibility index (Phi) is 4.93. The standard InChI is InChI=1S/C12H14BrClN4O/c1-19-5-4-18-11(7-15)16-17-12(18)9-3-2-8(13)6-10(9)14/h2-3,6H,4-5,7,15H2,1H3. The first-order chi connectivity index (χ1) is 9.17. The number of ether oxygens (including phenoxy) is 1. The maximum atomic E-state index is 6.25. The molecule has 0 fully saturated rings. The molecule has 0 saturated carbocycles. The summed E-state index contributed by atoms with van der Waals surface area (Å²) in [6.07, 6.45) is 0. The van der Waals surface area contributed by atoms with E-state index in [-0.39, 0.29) is 0 Å². The van der Waals surface area contributed by atoms with Crippen molar-refractivity contribution in [2.75, 3.05) is 13.7 Å². The third kappa shape index (κ3) is 3.14. The fraction of sp³-hybridized carbons (Fsp3) is 0.333. The van der Waals surface area contributed by atoms with E-state index in [0.717, 1.165) is 10.0 Å². The van der Waals surface area contributed by atoms with Crippen molar-refractivity contribution in [3.63, 3.8) is 0 Å². The molecule has 2 N–H and O–H groups in total. The summed E-state index contributed by atoms with van der Waals surface area (Å²) in [5, 5.41) is 8.88. The van der Waals surface area contributed by atoms with Gasteiger partial charge >= 0.3 is 0 Å². The van der Waals surface area contributed by atoms with E-state index < -0.39 is 0 Å². The van der Waals surface area contributed by atoms with Gasteiger partial charge in [0.25, 0.3) is 0 Å². The molecule has 2 aromatic rings. The van der Waals surface area contributed by atoms with Crippen molar-refractivity contribution < 1.29 is 4.74 Å². The normalized spacial score (nSPS) is 10.9. The lowest BCUT2D eigenvalue weighted by Crippen LogP contribution is -2.12. The highest BCUT2D eigenvalue weighted by molar-refractivity contribution is 9.10. The summed E-state index contributed by atoms with van der Waals surface area (Å²) >= 11 is 9.63. The van der Waals surface area contributed by atoms with Crippen LogP contribution < -0.4 is 5.73 Å². The van der Waals surface area contributed by atoms with Gasteiger partial charge in [-0.25, -0.2) is 0 Å². The van der Waals surface area contributed by atoms with Crippen LogP contribution in [0, 0.1) is 0 Å². The van der Waals surface area contributed by atoms with Gasteiger partial charge in [0.2, 0.25) is 0 Å². The van der Waals surface area contributed by atoms with Crippen LogP contribution in [0.1, 0.15) is 5.82 Å². The molecule has 0 saturated heterocycles. The highest BCUT2D eigenvalue weighted by Gasteiger charge is 2.15. The van der Waals surface area contributed by atoms with Crippen LogP contribution >= 0.6 is 27.5 Å². The molecular formula is C12H14BrClN4O. The van der Waals surface area contributed by atoms with Gasteiger partial charge in [-0.15, -0.1) is 10.2 Å². The van der Waals surface area contributed by atoms with Gasteiger partial charge in [0.05, 0.1) is 18.2 Å². The zero-order chi connectivity index (χ0) is 13.8. The van der Waals surface area contributed by atoms with Crippen LogP contribution in [-0.2, 0) is 17.8 Å². The zero-order valence-electron chi connectivity index (χ0n) is 10.4. The van der Waals surface area contributed by atoms with Gasteiger partial charge < -0.3 is 15.0 Å². The van der Waals surface area contributed by atoms with E-state index in [9.17, 15) is 0 Å². The van der Waals surface area contributed by atoms with Crippen LogP contribution in [0.15, 0.2) is 22.7 Å². The fourth-order valence-electron chi connectivity index (χ4n) is 1.77. The first kappa shape index (κ1) is 14.5. The summed E-state index contributed by atoms with van der Waals surface area (Å²) in [6, 6.07) is 5.65. The van der Waals surface area contributed by atoms with Gasteiger partial charge in [0.1, 0.15) is 5.82 Å². The lowest BCUT2D eigenvalue weighted by Gasteiger charge is -2.10. The second-order valence-corrected chi connectivity index (χ2v) is 5.24. The summed E-state index contributed by atoms with van der Waals surface area (Å²) in [5.74, 6) is 1.42. The molecule has 2 rings (SSSR count). The van der Waals surface area contributed by atoms with Crippen molar-refractivity contribution in [3.05, 3.63) is 33.5 Å². The Morgan fingerprint density at radius 2 is 2.21 bits per heavy atom. The van der Waals surface area contributed by atoms with E-state index in [1.54, 1.807) is 7.11 Å². The average Bonchev–Trinajstić information content (AvgIpc) is 2.79. The lowest BCUT2D eigenvalue weighted by molar-refractivity contribution is 0.186. The Morgan fingerprint density at radius 3 is 2.84 bits per heavy atom. The van der Waals surface area contributed by atoms with E-state index >= 15 is 0 Å². The van der Waals surface area contributed by atoms with Crippen molar-refractivity contribution >= 4 is 27.5 Å². The second-order valence-electron chi connectivity index (χ2n) is 3.91. The minimum absolute atomic E-state index is 0.324. The lowest BCUT2D eigenvalue weighted by atomic mass is 10.2. The first-order valence-electron chi connectivity index (χ1n) is 5.74. The molecule has 5 nitrogen and oxygen atoms in total. The number of benzene rings is 1.